The lowest BCUT2D eigenvalue weighted by atomic mass is 9.92. The summed E-state index contributed by atoms with van der Waals surface area (Å²) in [6, 6.07) is 12.9. The van der Waals surface area contributed by atoms with E-state index < -0.39 is 5.97 Å². The van der Waals surface area contributed by atoms with Crippen LogP contribution < -0.4 is 0 Å². The highest BCUT2D eigenvalue weighted by Gasteiger charge is 2.18. The molecule has 0 unspecified atom stereocenters. The number of phenolic OH excluding ortho intramolecular Hbond substituents is 1. The Morgan fingerprint density at radius 2 is 1.85 bits per heavy atom. The molecule has 0 aliphatic heterocycles. The first-order valence-electron chi connectivity index (χ1n) is 6.75. The van der Waals surface area contributed by atoms with E-state index in [2.05, 4.69) is 0 Å². The van der Waals surface area contributed by atoms with Crippen LogP contribution in [-0.4, -0.2) is 17.7 Å². The van der Waals surface area contributed by atoms with Gasteiger partial charge in [-0.2, -0.15) is 0 Å². The third-order valence-corrected chi connectivity index (χ3v) is 3.14. The molecule has 0 saturated carbocycles. The SMILES string of the molecule is CCOC(=O)c1cc(O)cc(CC)c1-c1ccccc1. The maximum Gasteiger partial charge on any atom is 0.338 e. The summed E-state index contributed by atoms with van der Waals surface area (Å²) in [6.07, 6.45) is 0.727. The number of hydrogen-bond acceptors (Lipinski definition) is 3. The summed E-state index contributed by atoms with van der Waals surface area (Å²) in [6.45, 7) is 4.07. The van der Waals surface area contributed by atoms with Gasteiger partial charge in [-0.3, -0.25) is 0 Å². The Balaban J connectivity index is 2.66. The Labute approximate surface area is 118 Å². The minimum atomic E-state index is -0.406. The number of hydrogen-bond donors (Lipinski definition) is 1. The first kappa shape index (κ1) is 14.1. The molecule has 0 atom stereocenters. The molecule has 0 heterocycles. The summed E-state index contributed by atoms with van der Waals surface area (Å²) in [5.41, 5.74) is 3.13. The number of carbonyl (C=O) groups excluding carboxylic acids is 1. The second-order valence-corrected chi connectivity index (χ2v) is 4.47. The molecular formula is C17H18O3. The Hall–Kier alpha value is -2.29. The van der Waals surface area contributed by atoms with Crippen LogP contribution in [0.1, 0.15) is 29.8 Å². The molecule has 0 aliphatic rings. The average Bonchev–Trinajstić information content (AvgIpc) is 2.47. The highest BCUT2D eigenvalue weighted by atomic mass is 16.5. The molecule has 20 heavy (non-hydrogen) atoms. The lowest BCUT2D eigenvalue weighted by molar-refractivity contribution is 0.0526. The zero-order valence-electron chi connectivity index (χ0n) is 11.7. The predicted molar refractivity (Wildman–Crippen MR) is 78.9 cm³/mol. The third kappa shape index (κ3) is 2.82. The maximum absolute atomic E-state index is 12.1. The van der Waals surface area contributed by atoms with Crippen molar-refractivity contribution in [3.8, 4) is 16.9 Å². The molecule has 0 aromatic heterocycles. The highest BCUT2D eigenvalue weighted by Crippen LogP contribution is 2.32. The van der Waals surface area contributed by atoms with E-state index in [1.807, 2.05) is 37.3 Å². The van der Waals surface area contributed by atoms with Crippen LogP contribution in [0.2, 0.25) is 0 Å². The van der Waals surface area contributed by atoms with E-state index in [0.29, 0.717) is 12.2 Å². The van der Waals surface area contributed by atoms with Crippen LogP contribution in [0, 0.1) is 0 Å². The van der Waals surface area contributed by atoms with E-state index in [-0.39, 0.29) is 5.75 Å². The normalized spacial score (nSPS) is 10.3. The van der Waals surface area contributed by atoms with Crippen LogP contribution in [0.5, 0.6) is 5.75 Å². The van der Waals surface area contributed by atoms with Crippen molar-refractivity contribution in [2.24, 2.45) is 0 Å². The molecule has 0 amide bonds. The van der Waals surface area contributed by atoms with Gasteiger partial charge in [0.2, 0.25) is 0 Å². The number of ether oxygens (including phenoxy) is 1. The number of phenols is 1. The van der Waals surface area contributed by atoms with Gasteiger partial charge in [0.25, 0.3) is 0 Å². The average molecular weight is 270 g/mol. The van der Waals surface area contributed by atoms with E-state index >= 15 is 0 Å². The molecule has 3 heteroatoms. The first-order valence-corrected chi connectivity index (χ1v) is 6.75. The minimum absolute atomic E-state index is 0.0876. The molecule has 0 bridgehead atoms. The Kier molecular flexibility index (Phi) is 4.41. The van der Waals surface area contributed by atoms with Crippen molar-refractivity contribution in [1.82, 2.24) is 0 Å². The molecule has 1 N–H and O–H groups in total. The fourth-order valence-electron chi connectivity index (χ4n) is 2.28. The molecule has 2 aromatic rings. The number of rotatable bonds is 4. The molecule has 0 saturated heterocycles. The van der Waals surface area contributed by atoms with Gasteiger partial charge in [-0.25, -0.2) is 4.79 Å². The smallest absolute Gasteiger partial charge is 0.338 e. The van der Waals surface area contributed by atoms with E-state index in [0.717, 1.165) is 23.1 Å². The summed E-state index contributed by atoms with van der Waals surface area (Å²) >= 11 is 0. The summed E-state index contributed by atoms with van der Waals surface area (Å²) in [7, 11) is 0. The molecule has 2 aromatic carbocycles. The monoisotopic (exact) mass is 270 g/mol. The Bertz CT molecular complexity index is 603. The van der Waals surface area contributed by atoms with Gasteiger partial charge >= 0.3 is 5.97 Å². The van der Waals surface area contributed by atoms with Crippen LogP contribution in [0.3, 0.4) is 0 Å². The topological polar surface area (TPSA) is 46.5 Å². The molecule has 3 nitrogen and oxygen atoms in total. The first-order chi connectivity index (χ1) is 9.67. The zero-order valence-corrected chi connectivity index (χ0v) is 11.7. The standard InChI is InChI=1S/C17H18O3/c1-3-12-10-14(18)11-15(17(19)20-4-2)16(12)13-8-6-5-7-9-13/h5-11,18H,3-4H2,1-2H3. The fraction of sp³-hybridized carbons (Fsp3) is 0.235. The van der Waals surface area contributed by atoms with Crippen molar-refractivity contribution in [2.75, 3.05) is 6.61 Å². The largest absolute Gasteiger partial charge is 0.508 e. The van der Waals surface area contributed by atoms with Gasteiger partial charge in [-0.05, 0) is 42.2 Å². The second kappa shape index (κ2) is 6.24. The number of aromatic hydroxyl groups is 1. The van der Waals surface area contributed by atoms with Crippen molar-refractivity contribution in [1.29, 1.82) is 0 Å². The number of benzene rings is 2. The summed E-state index contributed by atoms with van der Waals surface area (Å²) in [5.74, 6) is -0.318. The zero-order chi connectivity index (χ0) is 14.5. The number of esters is 1. The number of carbonyl (C=O) groups is 1. The van der Waals surface area contributed by atoms with E-state index in [9.17, 15) is 9.90 Å². The van der Waals surface area contributed by atoms with Crippen molar-refractivity contribution in [3.05, 3.63) is 53.6 Å². The third-order valence-electron chi connectivity index (χ3n) is 3.14. The van der Waals surface area contributed by atoms with Crippen LogP contribution in [-0.2, 0) is 11.2 Å². The summed E-state index contributed by atoms with van der Waals surface area (Å²) < 4.78 is 5.09. The van der Waals surface area contributed by atoms with Gasteiger partial charge < -0.3 is 9.84 Å². The van der Waals surface area contributed by atoms with Crippen molar-refractivity contribution >= 4 is 5.97 Å². The number of aryl methyl sites for hydroxylation is 1. The van der Waals surface area contributed by atoms with Crippen molar-refractivity contribution < 1.29 is 14.6 Å². The van der Waals surface area contributed by atoms with Gasteiger partial charge in [0.15, 0.2) is 0 Å². The van der Waals surface area contributed by atoms with Gasteiger partial charge in [-0.1, -0.05) is 37.3 Å². The quantitative estimate of drug-likeness (QED) is 0.860. The molecule has 2 rings (SSSR count). The molecular weight excluding hydrogens is 252 g/mol. The minimum Gasteiger partial charge on any atom is -0.508 e. The van der Waals surface area contributed by atoms with Gasteiger partial charge in [-0.15, -0.1) is 0 Å². The molecule has 0 aliphatic carbocycles. The second-order valence-electron chi connectivity index (χ2n) is 4.47. The molecule has 0 radical (unpaired) electrons. The molecule has 104 valence electrons. The van der Waals surface area contributed by atoms with E-state index in [4.69, 9.17) is 4.74 Å². The Morgan fingerprint density at radius 3 is 2.45 bits per heavy atom. The predicted octanol–water partition coefficient (Wildman–Crippen LogP) is 3.80. The molecule has 0 fully saturated rings. The van der Waals surface area contributed by atoms with Gasteiger partial charge in [0, 0.05) is 0 Å². The van der Waals surface area contributed by atoms with E-state index in [1.54, 1.807) is 13.0 Å². The van der Waals surface area contributed by atoms with Crippen molar-refractivity contribution in [3.63, 3.8) is 0 Å². The molecule has 0 spiro atoms. The lowest BCUT2D eigenvalue weighted by Gasteiger charge is -2.14. The fourth-order valence-corrected chi connectivity index (χ4v) is 2.28. The van der Waals surface area contributed by atoms with Crippen LogP contribution in [0.15, 0.2) is 42.5 Å². The van der Waals surface area contributed by atoms with Crippen molar-refractivity contribution in [2.45, 2.75) is 20.3 Å². The van der Waals surface area contributed by atoms with Crippen LogP contribution >= 0.6 is 0 Å². The maximum atomic E-state index is 12.1. The van der Waals surface area contributed by atoms with E-state index in [1.165, 1.54) is 6.07 Å². The van der Waals surface area contributed by atoms with Gasteiger partial charge in [0.05, 0.1) is 12.2 Å². The van der Waals surface area contributed by atoms with Gasteiger partial charge in [0.1, 0.15) is 5.75 Å². The summed E-state index contributed by atoms with van der Waals surface area (Å²) in [4.78, 5) is 12.1. The lowest BCUT2D eigenvalue weighted by Crippen LogP contribution is -2.08. The Morgan fingerprint density at radius 1 is 1.15 bits per heavy atom. The highest BCUT2D eigenvalue weighted by molar-refractivity contribution is 5.98. The summed E-state index contributed by atoms with van der Waals surface area (Å²) in [5, 5.41) is 9.81. The van der Waals surface area contributed by atoms with Crippen LogP contribution in [0.4, 0.5) is 0 Å². The van der Waals surface area contributed by atoms with Crippen LogP contribution in [0.25, 0.3) is 11.1 Å².